The van der Waals surface area contributed by atoms with E-state index in [-0.39, 0.29) is 0 Å². The van der Waals surface area contributed by atoms with Crippen molar-refractivity contribution in [1.29, 1.82) is 0 Å². The maximum atomic E-state index is 5.46. The van der Waals surface area contributed by atoms with Crippen molar-refractivity contribution in [2.24, 2.45) is 0 Å². The highest BCUT2D eigenvalue weighted by Gasteiger charge is 2.11. The van der Waals surface area contributed by atoms with Crippen LogP contribution in [0.4, 0.5) is 0 Å². The number of hydrogen-bond donors (Lipinski definition) is 1. The Bertz CT molecular complexity index is 67.2. The van der Waals surface area contributed by atoms with E-state index in [0.717, 1.165) is 13.2 Å². The summed E-state index contributed by atoms with van der Waals surface area (Å²) < 4.78 is 5.46. The van der Waals surface area contributed by atoms with Crippen molar-refractivity contribution in [3.63, 3.8) is 0 Å². The highest BCUT2D eigenvalue weighted by atomic mass is 16.5. The van der Waals surface area contributed by atoms with E-state index in [4.69, 9.17) is 4.74 Å². The van der Waals surface area contributed by atoms with E-state index in [2.05, 4.69) is 5.32 Å². The number of nitrogens with one attached hydrogen (secondary N) is 1. The van der Waals surface area contributed by atoms with Gasteiger partial charge in [-0.2, -0.15) is 0 Å². The summed E-state index contributed by atoms with van der Waals surface area (Å²) in [4.78, 5) is 0. The van der Waals surface area contributed by atoms with Gasteiger partial charge >= 0.3 is 0 Å². The van der Waals surface area contributed by atoms with Crippen LogP contribution < -0.4 is 5.32 Å². The first-order valence-electron chi connectivity index (χ1n) is 4.69. The Labute approximate surface area is 70.3 Å². The maximum Gasteiger partial charge on any atom is 0.0699 e. The molecule has 0 radical (unpaired) electrons. The van der Waals surface area contributed by atoms with E-state index >= 15 is 0 Å². The lowest BCUT2D eigenvalue weighted by Crippen LogP contribution is -2.29. The van der Waals surface area contributed by atoms with E-state index in [1.165, 1.54) is 19.3 Å². The molecular weight excluding hydrogens is 138 g/mol. The van der Waals surface area contributed by atoms with E-state index in [0.29, 0.717) is 6.10 Å². The molecule has 0 aromatic rings. The molecule has 1 rings (SSSR count). The molecule has 1 N–H and O–H groups in total. The number of likely N-dealkylation sites (N-methyl/N-ethyl adjacent to an activating group) is 1. The highest BCUT2D eigenvalue weighted by Crippen LogP contribution is 2.10. The van der Waals surface area contributed by atoms with Gasteiger partial charge in [-0.25, -0.2) is 0 Å². The Morgan fingerprint density at radius 1 is 1.36 bits per heavy atom. The van der Waals surface area contributed by atoms with Crippen molar-refractivity contribution in [1.82, 2.24) is 5.32 Å². The molecule has 68 valence electrons. The Kier molecular flexibility index (Phi) is 7.96. The average molecular weight is 159 g/mol. The molecule has 1 fully saturated rings. The Balaban J connectivity index is 0.000000461. The third-order valence-electron chi connectivity index (χ3n) is 1.71. The molecule has 0 aromatic heterocycles. The van der Waals surface area contributed by atoms with Crippen LogP contribution in [0.2, 0.25) is 0 Å². The molecule has 2 heteroatoms. The van der Waals surface area contributed by atoms with Crippen molar-refractivity contribution in [3.8, 4) is 0 Å². The van der Waals surface area contributed by atoms with Crippen LogP contribution in [-0.2, 0) is 4.74 Å². The summed E-state index contributed by atoms with van der Waals surface area (Å²) in [6, 6.07) is 0. The second kappa shape index (κ2) is 8.02. The zero-order chi connectivity index (χ0) is 8.53. The minimum absolute atomic E-state index is 0.490. The average Bonchev–Trinajstić information content (AvgIpc) is 2.11. The first kappa shape index (κ1) is 10.9. The molecule has 0 aliphatic carbocycles. The van der Waals surface area contributed by atoms with Gasteiger partial charge in [-0.1, -0.05) is 13.8 Å². The van der Waals surface area contributed by atoms with Crippen molar-refractivity contribution in [2.45, 2.75) is 39.2 Å². The lowest BCUT2D eigenvalue weighted by molar-refractivity contribution is 0.0181. The van der Waals surface area contributed by atoms with Gasteiger partial charge in [0.05, 0.1) is 6.10 Å². The quantitative estimate of drug-likeness (QED) is 0.663. The molecule has 11 heavy (non-hydrogen) atoms. The molecule has 0 bridgehead atoms. The molecule has 2 nitrogen and oxygen atoms in total. The Hall–Kier alpha value is -0.0800. The third kappa shape index (κ3) is 5.22. The number of ether oxygens (including phenoxy) is 1. The van der Waals surface area contributed by atoms with Gasteiger partial charge in [0.1, 0.15) is 0 Å². The zero-order valence-electron chi connectivity index (χ0n) is 8.02. The molecule has 1 heterocycles. The Morgan fingerprint density at radius 3 is 2.55 bits per heavy atom. The minimum atomic E-state index is 0.490. The van der Waals surface area contributed by atoms with Gasteiger partial charge < -0.3 is 10.1 Å². The molecule has 1 atom stereocenters. The summed E-state index contributed by atoms with van der Waals surface area (Å²) in [7, 11) is 1.97. The third-order valence-corrected chi connectivity index (χ3v) is 1.71. The van der Waals surface area contributed by atoms with Gasteiger partial charge in [0.2, 0.25) is 0 Å². The summed E-state index contributed by atoms with van der Waals surface area (Å²) >= 11 is 0. The predicted octanol–water partition coefficient (Wildman–Crippen LogP) is 1.80. The van der Waals surface area contributed by atoms with Crippen molar-refractivity contribution < 1.29 is 4.74 Å². The molecule has 1 unspecified atom stereocenters. The smallest absolute Gasteiger partial charge is 0.0699 e. The molecule has 1 aliphatic rings. The standard InChI is InChI=1S/C7H15NO.C2H6/c1-8-6-7-4-2-3-5-9-7;1-2/h7-8H,2-6H2,1H3;1-2H3. The van der Waals surface area contributed by atoms with Gasteiger partial charge in [0.15, 0.2) is 0 Å². The van der Waals surface area contributed by atoms with Crippen LogP contribution in [0.15, 0.2) is 0 Å². The topological polar surface area (TPSA) is 21.3 Å². The van der Waals surface area contributed by atoms with Crippen LogP contribution in [-0.4, -0.2) is 26.3 Å². The fourth-order valence-corrected chi connectivity index (χ4v) is 1.20. The van der Waals surface area contributed by atoms with E-state index < -0.39 is 0 Å². The molecule has 1 saturated heterocycles. The Morgan fingerprint density at radius 2 is 2.09 bits per heavy atom. The van der Waals surface area contributed by atoms with Crippen LogP contribution >= 0.6 is 0 Å². The largest absolute Gasteiger partial charge is 0.377 e. The molecule has 0 spiro atoms. The summed E-state index contributed by atoms with van der Waals surface area (Å²) in [6.07, 6.45) is 4.32. The van der Waals surface area contributed by atoms with Crippen LogP contribution in [0.25, 0.3) is 0 Å². The van der Waals surface area contributed by atoms with Gasteiger partial charge in [-0.05, 0) is 26.3 Å². The highest BCUT2D eigenvalue weighted by molar-refractivity contribution is 4.64. The lowest BCUT2D eigenvalue weighted by Gasteiger charge is -2.21. The van der Waals surface area contributed by atoms with Crippen molar-refractivity contribution in [3.05, 3.63) is 0 Å². The number of hydrogen-bond acceptors (Lipinski definition) is 2. The molecule has 0 saturated carbocycles. The maximum absolute atomic E-state index is 5.46. The van der Waals surface area contributed by atoms with Crippen LogP contribution in [0.1, 0.15) is 33.1 Å². The summed E-state index contributed by atoms with van der Waals surface area (Å²) in [5, 5.41) is 3.11. The van der Waals surface area contributed by atoms with E-state index in [1.54, 1.807) is 0 Å². The lowest BCUT2D eigenvalue weighted by atomic mass is 10.1. The van der Waals surface area contributed by atoms with Gasteiger partial charge in [0.25, 0.3) is 0 Å². The predicted molar refractivity (Wildman–Crippen MR) is 48.9 cm³/mol. The van der Waals surface area contributed by atoms with Crippen LogP contribution in [0, 0.1) is 0 Å². The first-order chi connectivity index (χ1) is 5.43. The van der Waals surface area contributed by atoms with E-state index in [1.807, 2.05) is 20.9 Å². The molecular formula is C9H21NO. The summed E-state index contributed by atoms with van der Waals surface area (Å²) in [5.74, 6) is 0. The fraction of sp³-hybridized carbons (Fsp3) is 1.00. The molecule has 0 amide bonds. The number of rotatable bonds is 2. The second-order valence-corrected chi connectivity index (χ2v) is 2.55. The first-order valence-corrected chi connectivity index (χ1v) is 4.69. The van der Waals surface area contributed by atoms with Crippen LogP contribution in [0.5, 0.6) is 0 Å². The minimum Gasteiger partial charge on any atom is -0.377 e. The normalized spacial score (nSPS) is 23.7. The molecule has 1 aliphatic heterocycles. The second-order valence-electron chi connectivity index (χ2n) is 2.55. The molecule has 0 aromatic carbocycles. The van der Waals surface area contributed by atoms with Gasteiger partial charge in [-0.3, -0.25) is 0 Å². The van der Waals surface area contributed by atoms with Gasteiger partial charge in [0, 0.05) is 13.2 Å². The van der Waals surface area contributed by atoms with Crippen molar-refractivity contribution >= 4 is 0 Å². The van der Waals surface area contributed by atoms with Gasteiger partial charge in [-0.15, -0.1) is 0 Å². The summed E-state index contributed by atoms with van der Waals surface area (Å²) in [5.41, 5.74) is 0. The summed E-state index contributed by atoms with van der Waals surface area (Å²) in [6.45, 7) is 5.98. The SMILES string of the molecule is CC.CNCC1CCCCO1. The monoisotopic (exact) mass is 159 g/mol. The zero-order valence-corrected chi connectivity index (χ0v) is 8.02. The van der Waals surface area contributed by atoms with Crippen molar-refractivity contribution in [2.75, 3.05) is 20.2 Å². The fourth-order valence-electron chi connectivity index (χ4n) is 1.20. The van der Waals surface area contributed by atoms with Crippen LogP contribution in [0.3, 0.4) is 0 Å². The van der Waals surface area contributed by atoms with E-state index in [9.17, 15) is 0 Å².